The van der Waals surface area contributed by atoms with Crippen LogP contribution in [0.5, 0.6) is 5.75 Å². The number of hydrogen-bond acceptors (Lipinski definition) is 1. The second kappa shape index (κ2) is 6.60. The van der Waals surface area contributed by atoms with Crippen LogP contribution >= 0.6 is 0 Å². The van der Waals surface area contributed by atoms with Crippen LogP contribution in [0.1, 0.15) is 18.9 Å². The van der Waals surface area contributed by atoms with Gasteiger partial charge >= 0.3 is 0 Å². The maximum Gasteiger partial charge on any atom is 0.127 e. The van der Waals surface area contributed by atoms with Gasteiger partial charge in [0.2, 0.25) is 0 Å². The quantitative estimate of drug-likeness (QED) is 0.402. The number of rotatable bonds is 4. The Balaban J connectivity index is 2.11. The van der Waals surface area contributed by atoms with Gasteiger partial charge in [-0.1, -0.05) is 73.7 Å². The predicted octanol–water partition coefficient (Wildman–Crippen LogP) is 6.76. The average molecular weight is 326 g/mol. The van der Waals surface area contributed by atoms with E-state index in [4.69, 9.17) is 4.74 Å². The summed E-state index contributed by atoms with van der Waals surface area (Å²) in [6.07, 6.45) is 1.00. The fourth-order valence-electron chi connectivity index (χ4n) is 3.55. The van der Waals surface area contributed by atoms with Gasteiger partial charge in [0.25, 0.3) is 0 Å². The van der Waals surface area contributed by atoms with E-state index in [0.717, 1.165) is 18.8 Å². The van der Waals surface area contributed by atoms with Crippen LogP contribution in [0.2, 0.25) is 0 Å². The van der Waals surface area contributed by atoms with E-state index in [-0.39, 0.29) is 0 Å². The number of ether oxygens (including phenoxy) is 1. The second-order valence-corrected chi connectivity index (χ2v) is 6.49. The average Bonchev–Trinajstić information content (AvgIpc) is 2.66. The molecule has 1 heteroatoms. The van der Waals surface area contributed by atoms with Crippen LogP contribution < -0.4 is 4.74 Å². The molecule has 0 spiro atoms. The molecule has 0 aliphatic rings. The van der Waals surface area contributed by atoms with E-state index in [1.807, 2.05) is 0 Å². The van der Waals surface area contributed by atoms with E-state index >= 15 is 0 Å². The lowest BCUT2D eigenvalue weighted by Gasteiger charge is -2.18. The van der Waals surface area contributed by atoms with E-state index in [2.05, 4.69) is 86.6 Å². The summed E-state index contributed by atoms with van der Waals surface area (Å²) in [5, 5.41) is 5.03. The van der Waals surface area contributed by atoms with Crippen molar-refractivity contribution in [3.63, 3.8) is 0 Å². The molecule has 0 bridgehead atoms. The summed E-state index contributed by atoms with van der Waals surface area (Å²) < 4.78 is 6.15. The molecule has 0 aromatic heterocycles. The molecule has 0 aliphatic heterocycles. The lowest BCUT2D eigenvalue weighted by molar-refractivity contribution is 0.319. The van der Waals surface area contributed by atoms with Gasteiger partial charge in [0.15, 0.2) is 0 Å². The van der Waals surface area contributed by atoms with Crippen LogP contribution in [0.4, 0.5) is 0 Å². The Bertz CT molecular complexity index is 1050. The molecule has 0 unspecified atom stereocenters. The van der Waals surface area contributed by atoms with Gasteiger partial charge in [0, 0.05) is 5.56 Å². The highest BCUT2D eigenvalue weighted by atomic mass is 16.5. The maximum absolute atomic E-state index is 6.15. The van der Waals surface area contributed by atoms with Gasteiger partial charge in [-0.3, -0.25) is 0 Å². The van der Waals surface area contributed by atoms with Crippen molar-refractivity contribution in [2.24, 2.45) is 0 Å². The molecule has 0 amide bonds. The van der Waals surface area contributed by atoms with E-state index < -0.39 is 0 Å². The van der Waals surface area contributed by atoms with Crippen LogP contribution in [-0.2, 0) is 0 Å². The van der Waals surface area contributed by atoms with E-state index in [1.54, 1.807) is 0 Å². The monoisotopic (exact) mass is 326 g/mol. The van der Waals surface area contributed by atoms with Crippen LogP contribution in [0.25, 0.3) is 32.7 Å². The summed E-state index contributed by atoms with van der Waals surface area (Å²) in [4.78, 5) is 0. The van der Waals surface area contributed by atoms with Crippen LogP contribution in [0.15, 0.2) is 72.8 Å². The fraction of sp³-hybridized carbons (Fsp3) is 0.167. The molecule has 0 heterocycles. The van der Waals surface area contributed by atoms with E-state index in [1.165, 1.54) is 38.2 Å². The van der Waals surface area contributed by atoms with Crippen LogP contribution in [-0.4, -0.2) is 6.61 Å². The first-order valence-electron chi connectivity index (χ1n) is 8.93. The Morgan fingerprint density at radius 1 is 0.680 bits per heavy atom. The van der Waals surface area contributed by atoms with Gasteiger partial charge < -0.3 is 4.74 Å². The van der Waals surface area contributed by atoms with Crippen molar-refractivity contribution in [1.82, 2.24) is 0 Å². The smallest absolute Gasteiger partial charge is 0.127 e. The van der Waals surface area contributed by atoms with Crippen molar-refractivity contribution in [3.05, 3.63) is 78.4 Å². The lowest BCUT2D eigenvalue weighted by atomic mass is 9.90. The predicted molar refractivity (Wildman–Crippen MR) is 107 cm³/mol. The molecule has 4 aromatic carbocycles. The summed E-state index contributed by atoms with van der Waals surface area (Å²) in [6, 6.07) is 25.9. The Morgan fingerprint density at radius 2 is 1.28 bits per heavy atom. The zero-order valence-electron chi connectivity index (χ0n) is 14.8. The first kappa shape index (κ1) is 15.7. The molecule has 0 atom stereocenters. The summed E-state index contributed by atoms with van der Waals surface area (Å²) in [7, 11) is 0. The molecule has 25 heavy (non-hydrogen) atoms. The SMILES string of the molecule is CCCOc1ccc2ccccc2c1-c1c(C)ccc2ccccc12. The molecular formula is C24H22O. The van der Waals surface area contributed by atoms with Gasteiger partial charge in [-0.05, 0) is 52.1 Å². The molecule has 4 aromatic rings. The zero-order chi connectivity index (χ0) is 17.2. The van der Waals surface area contributed by atoms with E-state index in [9.17, 15) is 0 Å². The molecule has 0 saturated carbocycles. The Morgan fingerprint density at radius 3 is 1.96 bits per heavy atom. The molecule has 0 N–H and O–H groups in total. The van der Waals surface area contributed by atoms with Gasteiger partial charge in [-0.2, -0.15) is 0 Å². The second-order valence-electron chi connectivity index (χ2n) is 6.49. The first-order valence-corrected chi connectivity index (χ1v) is 8.93. The zero-order valence-corrected chi connectivity index (χ0v) is 14.8. The normalized spacial score (nSPS) is 11.1. The van der Waals surface area contributed by atoms with Crippen molar-refractivity contribution < 1.29 is 4.74 Å². The number of hydrogen-bond donors (Lipinski definition) is 0. The molecule has 124 valence electrons. The third-order valence-electron chi connectivity index (χ3n) is 4.74. The maximum atomic E-state index is 6.15. The fourth-order valence-corrected chi connectivity index (χ4v) is 3.55. The molecule has 4 rings (SSSR count). The summed E-state index contributed by atoms with van der Waals surface area (Å²) in [6.45, 7) is 5.06. The molecule has 1 nitrogen and oxygen atoms in total. The summed E-state index contributed by atoms with van der Waals surface area (Å²) in [5.74, 6) is 0.972. The number of fused-ring (bicyclic) bond motifs is 2. The van der Waals surface area contributed by atoms with Gasteiger partial charge in [-0.15, -0.1) is 0 Å². The van der Waals surface area contributed by atoms with Gasteiger partial charge in [0.05, 0.1) is 6.61 Å². The van der Waals surface area contributed by atoms with Gasteiger partial charge in [-0.25, -0.2) is 0 Å². The minimum Gasteiger partial charge on any atom is -0.493 e. The third kappa shape index (κ3) is 2.76. The third-order valence-corrected chi connectivity index (χ3v) is 4.74. The number of aryl methyl sites for hydroxylation is 1. The lowest BCUT2D eigenvalue weighted by Crippen LogP contribution is -1.99. The molecule has 0 saturated heterocycles. The van der Waals surface area contributed by atoms with Crippen molar-refractivity contribution >= 4 is 21.5 Å². The highest BCUT2D eigenvalue weighted by Crippen LogP contribution is 2.42. The van der Waals surface area contributed by atoms with Crippen molar-refractivity contribution in [3.8, 4) is 16.9 Å². The first-order chi connectivity index (χ1) is 12.3. The summed E-state index contributed by atoms with van der Waals surface area (Å²) >= 11 is 0. The van der Waals surface area contributed by atoms with Crippen molar-refractivity contribution in [2.45, 2.75) is 20.3 Å². The Hall–Kier alpha value is -2.80. The van der Waals surface area contributed by atoms with Crippen LogP contribution in [0.3, 0.4) is 0 Å². The van der Waals surface area contributed by atoms with Crippen molar-refractivity contribution in [1.29, 1.82) is 0 Å². The standard InChI is InChI=1S/C24H22O/c1-3-16-25-22-15-14-19-9-5-7-11-21(19)24(22)23-17(2)12-13-18-8-4-6-10-20(18)23/h4-15H,3,16H2,1-2H3. The van der Waals surface area contributed by atoms with Crippen LogP contribution in [0, 0.1) is 6.92 Å². The Kier molecular flexibility index (Phi) is 4.15. The Labute approximate surface area is 148 Å². The summed E-state index contributed by atoms with van der Waals surface area (Å²) in [5.41, 5.74) is 3.76. The highest BCUT2D eigenvalue weighted by Gasteiger charge is 2.16. The topological polar surface area (TPSA) is 9.23 Å². The minimum absolute atomic E-state index is 0.731. The molecular weight excluding hydrogens is 304 g/mol. The minimum atomic E-state index is 0.731. The molecule has 0 fully saturated rings. The molecule has 0 aliphatic carbocycles. The largest absolute Gasteiger partial charge is 0.493 e. The number of benzene rings is 4. The molecule has 0 radical (unpaired) electrons. The van der Waals surface area contributed by atoms with Crippen molar-refractivity contribution in [2.75, 3.05) is 6.61 Å². The highest BCUT2D eigenvalue weighted by molar-refractivity contribution is 6.08. The van der Waals surface area contributed by atoms with E-state index in [0.29, 0.717) is 0 Å². The van der Waals surface area contributed by atoms with Gasteiger partial charge in [0.1, 0.15) is 5.75 Å².